The fourth-order valence-electron chi connectivity index (χ4n) is 3.85. The van der Waals surface area contributed by atoms with E-state index in [4.69, 9.17) is 16.3 Å². The number of carbonyl (C=O) groups is 1. The van der Waals surface area contributed by atoms with Crippen LogP contribution in [0.4, 0.5) is 10.1 Å². The van der Waals surface area contributed by atoms with Crippen molar-refractivity contribution in [2.24, 2.45) is 0 Å². The maximum atomic E-state index is 13.4. The van der Waals surface area contributed by atoms with Crippen molar-refractivity contribution in [1.29, 1.82) is 0 Å². The first-order valence-electron chi connectivity index (χ1n) is 11.3. The molecule has 4 rings (SSSR count). The van der Waals surface area contributed by atoms with Crippen LogP contribution in [0.25, 0.3) is 0 Å². The minimum absolute atomic E-state index is 0.232. The molecule has 0 unspecified atom stereocenters. The van der Waals surface area contributed by atoms with Gasteiger partial charge in [-0.2, -0.15) is 5.10 Å². The summed E-state index contributed by atoms with van der Waals surface area (Å²) in [7, 11) is 0. The first-order chi connectivity index (χ1) is 16.7. The maximum Gasteiger partial charge on any atom is 0.255 e. The molecule has 0 aliphatic carbocycles. The Morgan fingerprint density at radius 1 is 1.06 bits per heavy atom. The number of aryl methyl sites for hydroxylation is 3. The predicted octanol–water partition coefficient (Wildman–Crippen LogP) is 6.79. The summed E-state index contributed by atoms with van der Waals surface area (Å²) in [5.74, 6) is 0.214. The van der Waals surface area contributed by atoms with E-state index in [1.165, 1.54) is 12.1 Å². The van der Waals surface area contributed by atoms with E-state index in [2.05, 4.69) is 10.4 Å². The van der Waals surface area contributed by atoms with Crippen molar-refractivity contribution in [3.05, 3.63) is 111 Å². The first kappa shape index (κ1) is 24.5. The summed E-state index contributed by atoms with van der Waals surface area (Å²) in [6.07, 6.45) is 0. The van der Waals surface area contributed by atoms with Crippen molar-refractivity contribution in [2.45, 2.75) is 40.8 Å². The molecule has 180 valence electrons. The van der Waals surface area contributed by atoms with E-state index in [0.29, 0.717) is 35.1 Å². The van der Waals surface area contributed by atoms with Gasteiger partial charge in [-0.3, -0.25) is 9.48 Å². The molecular weight excluding hydrogens is 465 g/mol. The van der Waals surface area contributed by atoms with Crippen molar-refractivity contribution in [3.63, 3.8) is 0 Å². The molecule has 0 spiro atoms. The summed E-state index contributed by atoms with van der Waals surface area (Å²) in [5, 5.41) is 7.86. The number of nitrogens with one attached hydrogen (secondary N) is 1. The van der Waals surface area contributed by atoms with E-state index in [0.717, 1.165) is 33.7 Å². The molecule has 0 saturated carbocycles. The average Bonchev–Trinajstić information content (AvgIpc) is 3.09. The second kappa shape index (κ2) is 10.3. The fraction of sp³-hybridized carbons (Fsp3) is 0.214. The molecule has 0 bridgehead atoms. The van der Waals surface area contributed by atoms with Gasteiger partial charge in [0.15, 0.2) is 0 Å². The minimum atomic E-state index is -0.387. The number of ether oxygens (including phenoxy) is 1. The van der Waals surface area contributed by atoms with Gasteiger partial charge in [-0.05, 0) is 80.3 Å². The normalized spacial score (nSPS) is 10.9. The SMILES string of the molecule is Cc1ccc(C)c(OCc2cccc(C(=O)Nc3c(C)nn(Cc4ccc(F)cc4Cl)c3C)c2)c1. The van der Waals surface area contributed by atoms with Crippen LogP contribution < -0.4 is 10.1 Å². The van der Waals surface area contributed by atoms with Gasteiger partial charge in [-0.25, -0.2) is 4.39 Å². The van der Waals surface area contributed by atoms with Gasteiger partial charge >= 0.3 is 0 Å². The van der Waals surface area contributed by atoms with E-state index in [-0.39, 0.29) is 11.7 Å². The second-order valence-electron chi connectivity index (χ2n) is 8.65. The molecule has 7 heteroatoms. The van der Waals surface area contributed by atoms with Gasteiger partial charge in [0.1, 0.15) is 18.2 Å². The lowest BCUT2D eigenvalue weighted by Crippen LogP contribution is -2.14. The molecule has 4 aromatic rings. The third-order valence-electron chi connectivity index (χ3n) is 5.88. The molecule has 1 N–H and O–H groups in total. The van der Waals surface area contributed by atoms with Crippen LogP contribution in [0.1, 0.15) is 44.0 Å². The lowest BCUT2D eigenvalue weighted by molar-refractivity contribution is 0.102. The molecule has 0 saturated heterocycles. The summed E-state index contributed by atoms with van der Waals surface area (Å²) < 4.78 is 21.1. The number of halogens is 2. The maximum absolute atomic E-state index is 13.4. The monoisotopic (exact) mass is 491 g/mol. The number of nitrogens with zero attached hydrogens (tertiary/aromatic N) is 2. The van der Waals surface area contributed by atoms with Crippen LogP contribution in [-0.4, -0.2) is 15.7 Å². The molecule has 0 fully saturated rings. The molecule has 5 nitrogen and oxygen atoms in total. The molecule has 3 aromatic carbocycles. The molecule has 0 aliphatic heterocycles. The van der Waals surface area contributed by atoms with Gasteiger partial charge in [0.05, 0.1) is 23.6 Å². The Labute approximate surface area is 209 Å². The lowest BCUT2D eigenvalue weighted by Gasteiger charge is -2.11. The number of aromatic nitrogens is 2. The zero-order chi connectivity index (χ0) is 25.1. The number of hydrogen-bond donors (Lipinski definition) is 1. The van der Waals surface area contributed by atoms with Gasteiger partial charge < -0.3 is 10.1 Å². The number of amides is 1. The van der Waals surface area contributed by atoms with Gasteiger partial charge in [0.25, 0.3) is 5.91 Å². The zero-order valence-corrected chi connectivity index (χ0v) is 20.9. The Balaban J connectivity index is 1.47. The van der Waals surface area contributed by atoms with Gasteiger partial charge in [-0.1, -0.05) is 41.9 Å². The molecular formula is C28H27ClFN3O2. The smallest absolute Gasteiger partial charge is 0.255 e. The summed E-state index contributed by atoms with van der Waals surface area (Å²) in [6.45, 7) is 8.47. The summed E-state index contributed by atoms with van der Waals surface area (Å²) in [6, 6.07) is 17.7. The number of carbonyl (C=O) groups excluding carboxylic acids is 1. The van der Waals surface area contributed by atoms with E-state index in [1.807, 2.05) is 64.1 Å². The molecule has 1 amide bonds. The molecule has 35 heavy (non-hydrogen) atoms. The topological polar surface area (TPSA) is 56.1 Å². The van der Waals surface area contributed by atoms with Crippen LogP contribution in [-0.2, 0) is 13.2 Å². The molecule has 0 radical (unpaired) electrons. The summed E-state index contributed by atoms with van der Waals surface area (Å²) >= 11 is 6.18. The number of rotatable bonds is 7. The predicted molar refractivity (Wildman–Crippen MR) is 137 cm³/mol. The molecule has 1 heterocycles. The van der Waals surface area contributed by atoms with Crippen LogP contribution in [0.15, 0.2) is 60.7 Å². The van der Waals surface area contributed by atoms with Crippen LogP contribution in [0.3, 0.4) is 0 Å². The van der Waals surface area contributed by atoms with Crippen LogP contribution in [0.2, 0.25) is 5.02 Å². The zero-order valence-electron chi connectivity index (χ0n) is 20.2. The molecule has 0 atom stereocenters. The van der Waals surface area contributed by atoms with Crippen molar-refractivity contribution in [3.8, 4) is 5.75 Å². The molecule has 1 aromatic heterocycles. The number of benzene rings is 3. The quantitative estimate of drug-likeness (QED) is 0.309. The highest BCUT2D eigenvalue weighted by Gasteiger charge is 2.17. The minimum Gasteiger partial charge on any atom is -0.489 e. The van der Waals surface area contributed by atoms with Crippen LogP contribution in [0.5, 0.6) is 5.75 Å². The highest BCUT2D eigenvalue weighted by Crippen LogP contribution is 2.25. The van der Waals surface area contributed by atoms with Crippen molar-refractivity contribution in [1.82, 2.24) is 9.78 Å². The van der Waals surface area contributed by atoms with E-state index < -0.39 is 0 Å². The van der Waals surface area contributed by atoms with Gasteiger partial charge in [-0.15, -0.1) is 0 Å². The largest absolute Gasteiger partial charge is 0.489 e. The Bertz CT molecular complexity index is 1400. The summed E-state index contributed by atoms with van der Waals surface area (Å²) in [4.78, 5) is 13.1. The number of anilines is 1. The number of hydrogen-bond acceptors (Lipinski definition) is 3. The standard InChI is InChI=1S/C28H27ClFN3O2/c1-17-8-9-18(2)26(12-17)35-16-21-6-5-7-22(13-21)28(34)31-27-19(3)32-33(20(27)4)15-23-10-11-24(30)14-25(23)29/h5-14H,15-16H2,1-4H3,(H,31,34). The third kappa shape index (κ3) is 5.72. The van der Waals surface area contributed by atoms with Crippen molar-refractivity contribution >= 4 is 23.2 Å². The Morgan fingerprint density at radius 2 is 1.86 bits per heavy atom. The second-order valence-corrected chi connectivity index (χ2v) is 9.06. The summed E-state index contributed by atoms with van der Waals surface area (Å²) in [5.41, 5.74) is 6.47. The van der Waals surface area contributed by atoms with Crippen molar-refractivity contribution < 1.29 is 13.9 Å². The third-order valence-corrected chi connectivity index (χ3v) is 6.23. The lowest BCUT2D eigenvalue weighted by atomic mass is 10.1. The van der Waals surface area contributed by atoms with Gasteiger partial charge in [0, 0.05) is 10.6 Å². The van der Waals surface area contributed by atoms with E-state index in [1.54, 1.807) is 16.8 Å². The Kier molecular flexibility index (Phi) is 7.22. The highest BCUT2D eigenvalue weighted by molar-refractivity contribution is 6.31. The van der Waals surface area contributed by atoms with Crippen LogP contribution in [0, 0.1) is 33.5 Å². The first-order valence-corrected chi connectivity index (χ1v) is 11.7. The van der Waals surface area contributed by atoms with Crippen molar-refractivity contribution in [2.75, 3.05) is 5.32 Å². The highest BCUT2D eigenvalue weighted by atomic mass is 35.5. The van der Waals surface area contributed by atoms with Gasteiger partial charge in [0.2, 0.25) is 0 Å². The average molecular weight is 492 g/mol. The Hall–Kier alpha value is -3.64. The van der Waals surface area contributed by atoms with Crippen LogP contribution >= 0.6 is 11.6 Å². The van der Waals surface area contributed by atoms with E-state index >= 15 is 0 Å². The Morgan fingerprint density at radius 3 is 2.63 bits per heavy atom. The fourth-order valence-corrected chi connectivity index (χ4v) is 4.08. The molecule has 0 aliphatic rings. The van der Waals surface area contributed by atoms with E-state index in [9.17, 15) is 9.18 Å².